The first-order valence-corrected chi connectivity index (χ1v) is 8.78. The highest BCUT2D eigenvalue weighted by atomic mass is 32.1. The molecule has 1 saturated heterocycles. The molecule has 1 unspecified atom stereocenters. The van der Waals surface area contributed by atoms with E-state index in [0.717, 1.165) is 47.5 Å². The molecule has 1 fully saturated rings. The number of benzene rings is 1. The van der Waals surface area contributed by atoms with E-state index in [4.69, 9.17) is 5.11 Å². The largest absolute Gasteiger partial charge is 0.396 e. The molecule has 122 valence electrons. The van der Waals surface area contributed by atoms with Crippen molar-refractivity contribution in [2.45, 2.75) is 31.7 Å². The molecule has 2 heterocycles. The molecule has 3 rings (SSSR count). The van der Waals surface area contributed by atoms with Crippen LogP contribution in [-0.2, 0) is 0 Å². The Balaban J connectivity index is 1.74. The fourth-order valence-corrected chi connectivity index (χ4v) is 4.06. The quantitative estimate of drug-likeness (QED) is 0.900. The molecular weight excluding hydrogens is 313 g/mol. The monoisotopic (exact) mass is 333 g/mol. The molecule has 3 nitrogen and oxygen atoms in total. The molecule has 23 heavy (non-hydrogen) atoms. The summed E-state index contributed by atoms with van der Waals surface area (Å²) in [7, 11) is 0. The van der Waals surface area contributed by atoms with Crippen LogP contribution in [0.2, 0.25) is 0 Å². The second-order valence-corrected chi connectivity index (χ2v) is 6.92. The van der Waals surface area contributed by atoms with Crippen LogP contribution < -0.4 is 0 Å². The van der Waals surface area contributed by atoms with Crippen molar-refractivity contribution in [3.05, 3.63) is 47.1 Å². The number of aliphatic hydroxyl groups is 1. The lowest BCUT2D eigenvalue weighted by Crippen LogP contribution is -2.35. The van der Waals surface area contributed by atoms with Crippen LogP contribution in [0.3, 0.4) is 0 Å². The summed E-state index contributed by atoms with van der Waals surface area (Å²) in [5.74, 6) is -0.186. The molecule has 0 spiro atoms. The summed E-state index contributed by atoms with van der Waals surface area (Å²) < 4.78 is 13.0. The first kappa shape index (κ1) is 16.1. The Morgan fingerprint density at radius 1 is 1.26 bits per heavy atom. The van der Waals surface area contributed by atoms with Crippen molar-refractivity contribution in [2.75, 3.05) is 13.2 Å². The van der Waals surface area contributed by atoms with Crippen LogP contribution in [0.5, 0.6) is 0 Å². The topological polar surface area (TPSA) is 40.5 Å². The molecule has 0 saturated carbocycles. The minimum Gasteiger partial charge on any atom is -0.396 e. The Hall–Kier alpha value is -1.72. The number of rotatable bonds is 5. The van der Waals surface area contributed by atoms with Crippen molar-refractivity contribution >= 4 is 17.2 Å². The first-order valence-electron chi connectivity index (χ1n) is 7.96. The number of hydrogen-bond donors (Lipinski definition) is 1. The highest BCUT2D eigenvalue weighted by Gasteiger charge is 2.29. The van der Waals surface area contributed by atoms with Gasteiger partial charge in [-0.1, -0.05) is 12.1 Å². The molecule has 0 aliphatic carbocycles. The van der Waals surface area contributed by atoms with E-state index in [-0.39, 0.29) is 24.4 Å². The van der Waals surface area contributed by atoms with E-state index in [1.807, 2.05) is 17.0 Å². The van der Waals surface area contributed by atoms with Gasteiger partial charge in [0, 0.05) is 24.1 Å². The Labute approximate surface area is 139 Å². The molecule has 1 N–H and O–H groups in total. The average molecular weight is 333 g/mol. The number of hydrogen-bond acceptors (Lipinski definition) is 3. The third kappa shape index (κ3) is 3.62. The number of likely N-dealkylation sites (tertiary alicyclic amines) is 1. The lowest BCUT2D eigenvalue weighted by atomic mass is 10.1. The van der Waals surface area contributed by atoms with Gasteiger partial charge in [-0.3, -0.25) is 4.79 Å². The van der Waals surface area contributed by atoms with Crippen LogP contribution in [-0.4, -0.2) is 35.1 Å². The van der Waals surface area contributed by atoms with Crippen molar-refractivity contribution in [2.24, 2.45) is 0 Å². The van der Waals surface area contributed by atoms with Gasteiger partial charge in [-0.2, -0.15) is 0 Å². The maximum absolute atomic E-state index is 13.0. The zero-order valence-corrected chi connectivity index (χ0v) is 13.7. The van der Waals surface area contributed by atoms with Crippen molar-refractivity contribution in [1.29, 1.82) is 0 Å². The van der Waals surface area contributed by atoms with Gasteiger partial charge in [0.25, 0.3) is 5.91 Å². The molecule has 0 bridgehead atoms. The fraction of sp³-hybridized carbons (Fsp3) is 0.389. The fourth-order valence-electron chi connectivity index (χ4n) is 3.09. The van der Waals surface area contributed by atoms with Crippen LogP contribution in [0.25, 0.3) is 10.4 Å². The normalized spacial score (nSPS) is 17.7. The number of halogens is 1. The van der Waals surface area contributed by atoms with Gasteiger partial charge in [0.2, 0.25) is 0 Å². The average Bonchev–Trinajstić information content (AvgIpc) is 3.22. The molecular formula is C18H20FNO2S. The summed E-state index contributed by atoms with van der Waals surface area (Å²) in [5, 5.41) is 8.99. The lowest BCUT2D eigenvalue weighted by Gasteiger charge is -2.24. The number of nitrogens with zero attached hydrogens (tertiary/aromatic N) is 1. The minimum absolute atomic E-state index is 0.0730. The Morgan fingerprint density at radius 3 is 2.78 bits per heavy atom. The summed E-state index contributed by atoms with van der Waals surface area (Å²) in [6.45, 7) is 0.963. The van der Waals surface area contributed by atoms with E-state index >= 15 is 0 Å². The number of thiophene rings is 1. The van der Waals surface area contributed by atoms with Gasteiger partial charge in [0.1, 0.15) is 5.82 Å². The molecule has 1 aliphatic rings. The van der Waals surface area contributed by atoms with Gasteiger partial charge in [-0.05, 0) is 55.5 Å². The predicted molar refractivity (Wildman–Crippen MR) is 90.1 cm³/mol. The molecule has 1 amide bonds. The molecule has 1 aliphatic heterocycles. The van der Waals surface area contributed by atoms with Gasteiger partial charge in [0.15, 0.2) is 0 Å². The first-order chi connectivity index (χ1) is 11.2. The Kier molecular flexibility index (Phi) is 5.08. The maximum atomic E-state index is 13.0. The van der Waals surface area contributed by atoms with Crippen LogP contribution in [0.1, 0.15) is 35.4 Å². The van der Waals surface area contributed by atoms with E-state index in [2.05, 4.69) is 0 Å². The molecule has 5 heteroatoms. The second-order valence-electron chi connectivity index (χ2n) is 5.83. The number of aliphatic hydroxyl groups excluding tert-OH is 1. The van der Waals surface area contributed by atoms with E-state index in [1.54, 1.807) is 12.1 Å². The number of amides is 1. The highest BCUT2D eigenvalue weighted by molar-refractivity contribution is 7.17. The van der Waals surface area contributed by atoms with Crippen LogP contribution in [0.4, 0.5) is 4.39 Å². The van der Waals surface area contributed by atoms with Crippen LogP contribution in [0, 0.1) is 5.82 Å². The van der Waals surface area contributed by atoms with Gasteiger partial charge in [-0.15, -0.1) is 11.3 Å². The van der Waals surface area contributed by atoms with Crippen LogP contribution in [0.15, 0.2) is 36.4 Å². The van der Waals surface area contributed by atoms with Crippen LogP contribution >= 0.6 is 11.3 Å². The zero-order chi connectivity index (χ0) is 16.2. The molecule has 1 atom stereocenters. The van der Waals surface area contributed by atoms with E-state index in [9.17, 15) is 9.18 Å². The van der Waals surface area contributed by atoms with Gasteiger partial charge >= 0.3 is 0 Å². The second kappa shape index (κ2) is 7.23. The Morgan fingerprint density at radius 2 is 2.04 bits per heavy atom. The third-order valence-corrected chi connectivity index (χ3v) is 5.40. The molecule has 2 aromatic rings. The van der Waals surface area contributed by atoms with Crippen molar-refractivity contribution in [3.63, 3.8) is 0 Å². The van der Waals surface area contributed by atoms with Gasteiger partial charge in [0.05, 0.1) is 4.88 Å². The number of carbonyl (C=O) groups is 1. The highest BCUT2D eigenvalue weighted by Crippen LogP contribution is 2.31. The summed E-state index contributed by atoms with van der Waals surface area (Å²) in [4.78, 5) is 16.4. The van der Waals surface area contributed by atoms with Crippen molar-refractivity contribution < 1.29 is 14.3 Å². The molecule has 1 aromatic heterocycles. The van der Waals surface area contributed by atoms with Crippen molar-refractivity contribution in [1.82, 2.24) is 4.90 Å². The van der Waals surface area contributed by atoms with Gasteiger partial charge < -0.3 is 10.0 Å². The summed E-state index contributed by atoms with van der Waals surface area (Å²) in [6, 6.07) is 10.3. The van der Waals surface area contributed by atoms with E-state index < -0.39 is 0 Å². The lowest BCUT2D eigenvalue weighted by molar-refractivity contribution is 0.0729. The minimum atomic E-state index is -0.259. The third-order valence-electron chi connectivity index (χ3n) is 4.28. The van der Waals surface area contributed by atoms with Crippen molar-refractivity contribution in [3.8, 4) is 10.4 Å². The standard InChI is InChI=1S/C18H20FNO2S/c19-14-7-5-13(6-8-14)16-9-10-17(23-16)18(22)20-11-1-3-15(20)4-2-12-21/h5-10,15,21H,1-4,11-12H2. The Bertz CT molecular complexity index is 668. The summed E-state index contributed by atoms with van der Waals surface area (Å²) >= 11 is 1.45. The van der Waals surface area contributed by atoms with E-state index in [1.165, 1.54) is 23.5 Å². The summed E-state index contributed by atoms with van der Waals surface area (Å²) in [5.41, 5.74) is 0.925. The number of carbonyl (C=O) groups excluding carboxylic acids is 1. The van der Waals surface area contributed by atoms with E-state index in [0.29, 0.717) is 0 Å². The smallest absolute Gasteiger partial charge is 0.264 e. The zero-order valence-electron chi connectivity index (χ0n) is 12.9. The maximum Gasteiger partial charge on any atom is 0.264 e. The van der Waals surface area contributed by atoms with Gasteiger partial charge in [-0.25, -0.2) is 4.39 Å². The molecule has 0 radical (unpaired) electrons. The predicted octanol–water partition coefficient (Wildman–Crippen LogP) is 3.93. The summed E-state index contributed by atoms with van der Waals surface area (Å²) in [6.07, 6.45) is 3.64. The SMILES string of the molecule is O=C(c1ccc(-c2ccc(F)cc2)s1)N1CCCC1CCCO. The molecule has 1 aromatic carbocycles.